The third-order valence-electron chi connectivity index (χ3n) is 2.57. The molecule has 0 saturated heterocycles. The van der Waals surface area contributed by atoms with Gasteiger partial charge in [-0.25, -0.2) is 9.97 Å². The van der Waals surface area contributed by atoms with Gasteiger partial charge in [0.2, 0.25) is 0 Å². The van der Waals surface area contributed by atoms with Crippen molar-refractivity contribution in [3.05, 3.63) is 24.3 Å². The van der Waals surface area contributed by atoms with E-state index in [1.165, 1.54) is 6.33 Å². The second kappa shape index (κ2) is 5.26. The summed E-state index contributed by atoms with van der Waals surface area (Å²) in [6.07, 6.45) is 4.87. The van der Waals surface area contributed by atoms with Gasteiger partial charge >= 0.3 is 0 Å². The second-order valence-corrected chi connectivity index (χ2v) is 4.86. The van der Waals surface area contributed by atoms with Gasteiger partial charge in [0.15, 0.2) is 5.60 Å². The van der Waals surface area contributed by atoms with E-state index in [2.05, 4.69) is 21.8 Å². The Hall–Kier alpha value is -1.44. The van der Waals surface area contributed by atoms with Crippen molar-refractivity contribution >= 4 is 0 Å². The first-order chi connectivity index (χ1) is 7.92. The third-order valence-corrected chi connectivity index (χ3v) is 2.57. The first-order valence-corrected chi connectivity index (χ1v) is 5.50. The van der Waals surface area contributed by atoms with E-state index in [1.54, 1.807) is 12.4 Å². The third kappa shape index (κ3) is 3.02. The van der Waals surface area contributed by atoms with E-state index < -0.39 is 11.0 Å². The highest BCUT2D eigenvalue weighted by molar-refractivity contribution is 5.31. The molecule has 2 N–H and O–H groups in total. The minimum absolute atomic E-state index is 0.0154. The number of aliphatic hydroxyl groups is 2. The van der Waals surface area contributed by atoms with E-state index in [-0.39, 0.29) is 6.61 Å². The highest BCUT2D eigenvalue weighted by Crippen LogP contribution is 2.38. The summed E-state index contributed by atoms with van der Waals surface area (Å²) in [6, 6.07) is 0. The Bertz CT molecular complexity index is 415. The van der Waals surface area contributed by atoms with Crippen LogP contribution in [0.1, 0.15) is 32.8 Å². The summed E-state index contributed by atoms with van der Waals surface area (Å²) in [5.41, 5.74) is -1.22. The lowest BCUT2D eigenvalue weighted by Gasteiger charge is -2.35. The summed E-state index contributed by atoms with van der Waals surface area (Å²) in [6.45, 7) is 5.67. The van der Waals surface area contributed by atoms with Crippen molar-refractivity contribution in [3.8, 4) is 11.8 Å². The van der Waals surface area contributed by atoms with Crippen LogP contribution in [0.4, 0.5) is 0 Å². The minimum Gasteiger partial charge on any atom is -0.395 e. The zero-order valence-electron chi connectivity index (χ0n) is 10.4. The summed E-state index contributed by atoms with van der Waals surface area (Å²) in [4.78, 5) is 7.81. The average Bonchev–Trinajstić information content (AvgIpc) is 2.29. The lowest BCUT2D eigenvalue weighted by molar-refractivity contribution is -0.00969. The maximum absolute atomic E-state index is 10.7. The Labute approximate surface area is 102 Å². The van der Waals surface area contributed by atoms with Crippen molar-refractivity contribution in [2.75, 3.05) is 6.61 Å². The van der Waals surface area contributed by atoms with Gasteiger partial charge in [0.05, 0.1) is 6.61 Å². The summed E-state index contributed by atoms with van der Waals surface area (Å²) >= 11 is 0. The Balaban J connectivity index is 3.18. The highest BCUT2D eigenvalue weighted by atomic mass is 16.3. The van der Waals surface area contributed by atoms with Gasteiger partial charge in [0, 0.05) is 29.8 Å². The molecule has 0 aliphatic rings. The lowest BCUT2D eigenvalue weighted by Crippen LogP contribution is -2.39. The van der Waals surface area contributed by atoms with Crippen molar-refractivity contribution in [3.63, 3.8) is 0 Å². The minimum atomic E-state index is -1.32. The molecule has 1 aromatic heterocycles. The van der Waals surface area contributed by atoms with Crippen LogP contribution < -0.4 is 0 Å². The van der Waals surface area contributed by atoms with Gasteiger partial charge in [-0.05, 0) is 0 Å². The van der Waals surface area contributed by atoms with Crippen LogP contribution in [-0.2, 0) is 5.60 Å². The molecule has 1 atom stereocenters. The standard InChI is InChI=1S/C13H18N2O2/c1-12(2,3)13(17,6-4-5-7-16)11-8-14-10-15-9-11/h8-10,16-17H,5,7H2,1-3H3. The van der Waals surface area contributed by atoms with Crippen molar-refractivity contribution in [2.24, 2.45) is 5.41 Å². The van der Waals surface area contributed by atoms with E-state index in [0.29, 0.717) is 12.0 Å². The van der Waals surface area contributed by atoms with Crippen LogP contribution in [0, 0.1) is 17.3 Å². The zero-order chi connectivity index (χ0) is 12.9. The fourth-order valence-corrected chi connectivity index (χ4v) is 1.42. The van der Waals surface area contributed by atoms with Crippen LogP contribution in [0.15, 0.2) is 18.7 Å². The predicted molar refractivity (Wildman–Crippen MR) is 64.9 cm³/mol. The van der Waals surface area contributed by atoms with Crippen LogP contribution >= 0.6 is 0 Å². The first kappa shape index (κ1) is 13.6. The van der Waals surface area contributed by atoms with Gasteiger partial charge in [0.25, 0.3) is 0 Å². The number of nitrogens with zero attached hydrogens (tertiary/aromatic N) is 2. The molecule has 1 rings (SSSR count). The van der Waals surface area contributed by atoms with Gasteiger partial charge in [-0.3, -0.25) is 0 Å². The number of aromatic nitrogens is 2. The average molecular weight is 234 g/mol. The summed E-state index contributed by atoms with van der Waals surface area (Å²) < 4.78 is 0. The first-order valence-electron chi connectivity index (χ1n) is 5.50. The number of aliphatic hydroxyl groups excluding tert-OH is 1. The molecule has 0 saturated carbocycles. The van der Waals surface area contributed by atoms with Gasteiger partial charge in [-0.15, -0.1) is 0 Å². The van der Waals surface area contributed by atoms with Crippen LogP contribution in [0.3, 0.4) is 0 Å². The smallest absolute Gasteiger partial charge is 0.158 e. The highest BCUT2D eigenvalue weighted by Gasteiger charge is 2.40. The van der Waals surface area contributed by atoms with E-state index in [0.717, 1.165) is 0 Å². The topological polar surface area (TPSA) is 66.2 Å². The molecule has 0 aliphatic heterocycles. The summed E-state index contributed by atoms with van der Waals surface area (Å²) in [5, 5.41) is 19.4. The quantitative estimate of drug-likeness (QED) is 0.752. The van der Waals surface area contributed by atoms with Crippen LogP contribution in [0.25, 0.3) is 0 Å². The monoisotopic (exact) mass is 234 g/mol. The summed E-state index contributed by atoms with van der Waals surface area (Å²) in [5.74, 6) is 5.59. The Morgan fingerprint density at radius 1 is 1.24 bits per heavy atom. The van der Waals surface area contributed by atoms with E-state index >= 15 is 0 Å². The lowest BCUT2D eigenvalue weighted by atomic mass is 9.73. The van der Waals surface area contributed by atoms with Crippen LogP contribution in [0.2, 0.25) is 0 Å². The van der Waals surface area contributed by atoms with Crippen molar-refractivity contribution < 1.29 is 10.2 Å². The molecule has 4 heteroatoms. The molecule has 1 aromatic rings. The van der Waals surface area contributed by atoms with Gasteiger partial charge in [-0.1, -0.05) is 32.6 Å². The molecule has 0 aliphatic carbocycles. The van der Waals surface area contributed by atoms with Gasteiger partial charge in [-0.2, -0.15) is 0 Å². The van der Waals surface area contributed by atoms with Crippen molar-refractivity contribution in [1.29, 1.82) is 0 Å². The Morgan fingerprint density at radius 3 is 2.29 bits per heavy atom. The van der Waals surface area contributed by atoms with Crippen LogP contribution in [-0.4, -0.2) is 26.8 Å². The molecule has 92 valence electrons. The molecule has 0 radical (unpaired) electrons. The molecular weight excluding hydrogens is 216 g/mol. The largest absolute Gasteiger partial charge is 0.395 e. The molecule has 17 heavy (non-hydrogen) atoms. The molecule has 0 spiro atoms. The van der Waals surface area contributed by atoms with E-state index in [4.69, 9.17) is 5.11 Å². The number of hydrogen-bond donors (Lipinski definition) is 2. The number of rotatable bonds is 2. The molecule has 1 unspecified atom stereocenters. The molecule has 0 fully saturated rings. The predicted octanol–water partition coefficient (Wildman–Crippen LogP) is 1.10. The molecule has 0 aromatic carbocycles. The van der Waals surface area contributed by atoms with Crippen molar-refractivity contribution in [1.82, 2.24) is 9.97 Å². The SMILES string of the molecule is CC(C)(C)C(O)(C#CCCO)c1cncnc1. The second-order valence-electron chi connectivity index (χ2n) is 4.86. The number of hydrogen-bond acceptors (Lipinski definition) is 4. The van der Waals surface area contributed by atoms with Crippen LogP contribution in [0.5, 0.6) is 0 Å². The maximum Gasteiger partial charge on any atom is 0.158 e. The molecule has 1 heterocycles. The maximum atomic E-state index is 10.7. The van der Waals surface area contributed by atoms with E-state index in [9.17, 15) is 5.11 Å². The molecule has 4 nitrogen and oxygen atoms in total. The molecular formula is C13H18N2O2. The zero-order valence-corrected chi connectivity index (χ0v) is 10.4. The van der Waals surface area contributed by atoms with E-state index in [1.807, 2.05) is 20.8 Å². The Kier molecular flexibility index (Phi) is 4.22. The molecule has 0 bridgehead atoms. The van der Waals surface area contributed by atoms with Crippen molar-refractivity contribution in [2.45, 2.75) is 32.8 Å². The summed E-state index contributed by atoms with van der Waals surface area (Å²) in [7, 11) is 0. The fourth-order valence-electron chi connectivity index (χ4n) is 1.42. The van der Waals surface area contributed by atoms with Gasteiger partial charge in [0.1, 0.15) is 6.33 Å². The normalized spacial score (nSPS) is 14.6. The molecule has 0 amide bonds. The van der Waals surface area contributed by atoms with Gasteiger partial charge < -0.3 is 10.2 Å². The fraction of sp³-hybridized carbons (Fsp3) is 0.538. The Morgan fingerprint density at radius 2 is 1.82 bits per heavy atom.